The number of methoxy groups -OCH3 is 1. The van der Waals surface area contributed by atoms with Gasteiger partial charge in [0.15, 0.2) is 5.13 Å². The third kappa shape index (κ3) is 2.99. The van der Waals surface area contributed by atoms with Crippen molar-refractivity contribution in [3.05, 3.63) is 42.2 Å². The fourth-order valence-corrected chi connectivity index (χ4v) is 2.83. The van der Waals surface area contributed by atoms with Gasteiger partial charge < -0.3 is 15.8 Å². The van der Waals surface area contributed by atoms with E-state index in [1.54, 1.807) is 13.3 Å². The number of nitrogens with one attached hydrogen (secondary N) is 1. The summed E-state index contributed by atoms with van der Waals surface area (Å²) in [4.78, 5) is 13.9. The first-order chi connectivity index (χ1) is 10.7. The molecule has 2 aromatic heterocycles. The molecule has 3 rings (SSSR count). The average molecular weight is 313 g/mol. The van der Waals surface area contributed by atoms with Crippen molar-refractivity contribution in [1.29, 1.82) is 0 Å². The number of anilines is 3. The number of benzene rings is 1. The van der Waals surface area contributed by atoms with Crippen molar-refractivity contribution < 1.29 is 4.74 Å². The number of nitrogens with zero attached hydrogens (tertiary/aromatic N) is 3. The molecule has 0 aliphatic rings. The Balaban J connectivity index is 1.89. The van der Waals surface area contributed by atoms with E-state index in [0.717, 1.165) is 27.7 Å². The summed E-state index contributed by atoms with van der Waals surface area (Å²) < 4.78 is 5.20. The van der Waals surface area contributed by atoms with Crippen LogP contribution in [0.4, 0.5) is 16.8 Å². The molecule has 0 saturated carbocycles. The van der Waals surface area contributed by atoms with Gasteiger partial charge >= 0.3 is 0 Å². The Kier molecular flexibility index (Phi) is 3.88. The molecule has 0 unspecified atom stereocenters. The molecule has 7 heteroatoms. The summed E-state index contributed by atoms with van der Waals surface area (Å²) in [6, 6.07) is 9.43. The second-order valence-electron chi connectivity index (χ2n) is 4.59. The maximum Gasteiger partial charge on any atom is 0.227 e. The Hall–Kier alpha value is -2.67. The average Bonchev–Trinajstić information content (AvgIpc) is 2.86. The predicted molar refractivity (Wildman–Crippen MR) is 88.6 cm³/mol. The van der Waals surface area contributed by atoms with E-state index in [-0.39, 0.29) is 0 Å². The predicted octanol–water partition coefficient (Wildman–Crippen LogP) is 3.24. The minimum absolute atomic E-state index is 0.511. The maximum atomic E-state index is 5.74. The molecule has 3 N–H and O–H groups in total. The number of aromatic nitrogens is 3. The highest BCUT2D eigenvalue weighted by Crippen LogP contribution is 2.30. The van der Waals surface area contributed by atoms with Gasteiger partial charge in [0.25, 0.3) is 0 Å². The van der Waals surface area contributed by atoms with Crippen molar-refractivity contribution in [2.75, 3.05) is 18.2 Å². The highest BCUT2D eigenvalue weighted by Gasteiger charge is 2.10. The van der Waals surface area contributed by atoms with Crippen molar-refractivity contribution in [2.24, 2.45) is 0 Å². The van der Waals surface area contributed by atoms with Crippen LogP contribution < -0.4 is 15.8 Å². The number of aryl methyl sites for hydroxylation is 1. The van der Waals surface area contributed by atoms with Crippen molar-refractivity contribution in [3.63, 3.8) is 0 Å². The van der Waals surface area contributed by atoms with E-state index in [1.165, 1.54) is 11.3 Å². The summed E-state index contributed by atoms with van der Waals surface area (Å²) in [5.41, 5.74) is 8.27. The van der Waals surface area contributed by atoms with Gasteiger partial charge in [-0.05, 0) is 25.1 Å². The zero-order valence-electron chi connectivity index (χ0n) is 12.2. The molecule has 2 heterocycles. The van der Waals surface area contributed by atoms with Crippen LogP contribution in [0.3, 0.4) is 0 Å². The lowest BCUT2D eigenvalue weighted by molar-refractivity contribution is 0.415. The molecule has 0 saturated heterocycles. The lowest BCUT2D eigenvalue weighted by Gasteiger charge is -2.07. The lowest BCUT2D eigenvalue weighted by Crippen LogP contribution is -1.98. The van der Waals surface area contributed by atoms with Crippen molar-refractivity contribution >= 4 is 28.1 Å². The quantitative estimate of drug-likeness (QED) is 0.769. The number of hydrogen-bond donors (Lipinski definition) is 2. The summed E-state index contributed by atoms with van der Waals surface area (Å²) in [6.07, 6.45) is 1.71. The molecule has 0 spiro atoms. The van der Waals surface area contributed by atoms with Crippen molar-refractivity contribution in [1.82, 2.24) is 15.0 Å². The van der Waals surface area contributed by atoms with Crippen LogP contribution in [-0.2, 0) is 0 Å². The van der Waals surface area contributed by atoms with Gasteiger partial charge in [0, 0.05) is 18.0 Å². The summed E-state index contributed by atoms with van der Waals surface area (Å²) in [5, 5.41) is 3.70. The fourth-order valence-electron chi connectivity index (χ4n) is 2.03. The van der Waals surface area contributed by atoms with E-state index >= 15 is 0 Å². The van der Waals surface area contributed by atoms with Crippen LogP contribution in [0.15, 0.2) is 36.5 Å². The molecular formula is C15H15N5OS. The molecule has 112 valence electrons. The fraction of sp³-hybridized carbons (Fsp3) is 0.133. The molecule has 0 radical (unpaired) electrons. The second kappa shape index (κ2) is 5.98. The van der Waals surface area contributed by atoms with Gasteiger partial charge in [-0.15, -0.1) is 0 Å². The summed E-state index contributed by atoms with van der Waals surface area (Å²) >= 11 is 1.42. The molecule has 0 fully saturated rings. The first-order valence-electron chi connectivity index (χ1n) is 6.63. The van der Waals surface area contributed by atoms with E-state index < -0.39 is 0 Å². The normalized spacial score (nSPS) is 10.5. The summed E-state index contributed by atoms with van der Waals surface area (Å²) in [7, 11) is 1.63. The van der Waals surface area contributed by atoms with Crippen LogP contribution in [-0.4, -0.2) is 22.1 Å². The highest BCUT2D eigenvalue weighted by molar-refractivity contribution is 7.18. The second-order valence-corrected chi connectivity index (χ2v) is 5.62. The Morgan fingerprint density at radius 3 is 2.82 bits per heavy atom. The maximum absolute atomic E-state index is 5.74. The number of hydrogen-bond acceptors (Lipinski definition) is 7. The summed E-state index contributed by atoms with van der Waals surface area (Å²) in [6.45, 7) is 1.92. The van der Waals surface area contributed by atoms with Gasteiger partial charge in [-0.25, -0.2) is 15.0 Å². The molecule has 22 heavy (non-hydrogen) atoms. The smallest absolute Gasteiger partial charge is 0.227 e. The van der Waals surface area contributed by atoms with Crippen LogP contribution in [0.5, 0.6) is 5.75 Å². The lowest BCUT2D eigenvalue weighted by atomic mass is 10.3. The number of nitrogens with two attached hydrogens (primary N) is 1. The molecule has 0 bridgehead atoms. The molecule has 0 atom stereocenters. The van der Waals surface area contributed by atoms with E-state index in [1.807, 2.05) is 37.3 Å². The topological polar surface area (TPSA) is 86.0 Å². The van der Waals surface area contributed by atoms with Gasteiger partial charge in [-0.1, -0.05) is 17.4 Å². The van der Waals surface area contributed by atoms with E-state index in [2.05, 4.69) is 20.3 Å². The van der Waals surface area contributed by atoms with E-state index in [0.29, 0.717) is 11.1 Å². The molecular weight excluding hydrogens is 298 g/mol. The Labute approximate surface area is 132 Å². The van der Waals surface area contributed by atoms with Crippen LogP contribution in [0, 0.1) is 6.92 Å². The zero-order chi connectivity index (χ0) is 15.5. The molecule has 0 amide bonds. The van der Waals surface area contributed by atoms with Gasteiger partial charge in [-0.2, -0.15) is 0 Å². The zero-order valence-corrected chi connectivity index (χ0v) is 13.0. The third-order valence-corrected chi connectivity index (χ3v) is 4.04. The van der Waals surface area contributed by atoms with E-state index in [4.69, 9.17) is 10.5 Å². The number of ether oxygens (including phenoxy) is 1. The van der Waals surface area contributed by atoms with Gasteiger partial charge in [0.1, 0.15) is 5.75 Å². The van der Waals surface area contributed by atoms with Gasteiger partial charge in [0.05, 0.1) is 23.4 Å². The molecule has 6 nitrogen and oxygen atoms in total. The highest BCUT2D eigenvalue weighted by atomic mass is 32.1. The summed E-state index contributed by atoms with van der Waals surface area (Å²) in [5.74, 6) is 1.28. The molecule has 1 aromatic carbocycles. The van der Waals surface area contributed by atoms with Crippen molar-refractivity contribution in [3.8, 4) is 16.3 Å². The SMILES string of the molecule is COc1cccc(Nc2nccc(-c3sc(N)nc3C)n2)c1. The third-order valence-electron chi connectivity index (χ3n) is 3.03. The minimum Gasteiger partial charge on any atom is -0.497 e. The molecule has 3 aromatic rings. The van der Waals surface area contributed by atoms with Gasteiger partial charge in [-0.3, -0.25) is 0 Å². The minimum atomic E-state index is 0.511. The van der Waals surface area contributed by atoms with Crippen molar-refractivity contribution in [2.45, 2.75) is 6.92 Å². The Bertz CT molecular complexity index is 802. The molecule has 0 aliphatic carbocycles. The van der Waals surface area contributed by atoms with Crippen LogP contribution >= 0.6 is 11.3 Å². The van der Waals surface area contributed by atoms with Crippen LogP contribution in [0.2, 0.25) is 0 Å². The standard InChI is InChI=1S/C15H15N5OS/c1-9-13(22-14(16)18-9)12-6-7-17-15(20-12)19-10-4-3-5-11(8-10)21-2/h3-8H,1-2H3,(H2,16,18)(H,17,19,20). The molecule has 0 aliphatic heterocycles. The first kappa shape index (κ1) is 14.3. The van der Waals surface area contributed by atoms with Crippen LogP contribution in [0.25, 0.3) is 10.6 Å². The largest absolute Gasteiger partial charge is 0.497 e. The van der Waals surface area contributed by atoms with Crippen LogP contribution in [0.1, 0.15) is 5.69 Å². The monoisotopic (exact) mass is 313 g/mol. The van der Waals surface area contributed by atoms with E-state index in [9.17, 15) is 0 Å². The Morgan fingerprint density at radius 2 is 2.09 bits per heavy atom. The van der Waals surface area contributed by atoms with Gasteiger partial charge in [0.2, 0.25) is 5.95 Å². The number of thiazole rings is 1. The number of nitrogen functional groups attached to an aromatic ring is 1. The Morgan fingerprint density at radius 1 is 1.23 bits per heavy atom. The first-order valence-corrected chi connectivity index (χ1v) is 7.45. The number of rotatable bonds is 4.